The number of hydrogen-bond donors (Lipinski definition) is 1. The van der Waals surface area contributed by atoms with Crippen molar-refractivity contribution in [2.24, 2.45) is 0 Å². The number of rotatable bonds is 4. The van der Waals surface area contributed by atoms with Gasteiger partial charge in [0.2, 0.25) is 0 Å². The molecule has 0 spiro atoms. The van der Waals surface area contributed by atoms with Crippen LogP contribution in [0.4, 0.5) is 11.4 Å². The number of benzene rings is 2. The molecule has 0 unspecified atom stereocenters. The van der Waals surface area contributed by atoms with E-state index in [4.69, 9.17) is 16.3 Å². The quantitative estimate of drug-likeness (QED) is 0.846. The Morgan fingerprint density at radius 2 is 1.84 bits per heavy atom. The lowest BCUT2D eigenvalue weighted by molar-refractivity contribution is 0.101. The van der Waals surface area contributed by atoms with Crippen LogP contribution >= 0.6 is 11.6 Å². The molecule has 0 heterocycles. The highest BCUT2D eigenvalue weighted by Gasteiger charge is 2.05. The number of carbonyl (C=O) groups excluding carboxylic acids is 1. The van der Waals surface area contributed by atoms with Gasteiger partial charge >= 0.3 is 0 Å². The predicted octanol–water partition coefficient (Wildman–Crippen LogP) is 4.29. The van der Waals surface area contributed by atoms with Gasteiger partial charge in [-0.2, -0.15) is 0 Å². The van der Waals surface area contributed by atoms with E-state index in [1.165, 1.54) is 6.92 Å². The van der Waals surface area contributed by atoms with Crippen molar-refractivity contribution in [3.05, 3.63) is 53.1 Å². The number of ether oxygens (including phenoxy) is 1. The maximum Gasteiger partial charge on any atom is 0.159 e. The molecule has 0 saturated carbocycles. The first-order valence-electron chi connectivity index (χ1n) is 5.81. The highest BCUT2D eigenvalue weighted by Crippen LogP contribution is 2.27. The van der Waals surface area contributed by atoms with Crippen LogP contribution < -0.4 is 10.1 Å². The van der Waals surface area contributed by atoms with Crippen molar-refractivity contribution >= 4 is 28.8 Å². The molecular weight excluding hydrogens is 262 g/mol. The Labute approximate surface area is 117 Å². The summed E-state index contributed by atoms with van der Waals surface area (Å²) in [5, 5.41) is 3.75. The average molecular weight is 276 g/mol. The molecule has 2 aromatic carbocycles. The molecule has 0 saturated heterocycles. The zero-order chi connectivity index (χ0) is 13.8. The third-order valence-corrected chi connectivity index (χ3v) is 3.07. The van der Waals surface area contributed by atoms with Gasteiger partial charge in [0.25, 0.3) is 0 Å². The maximum absolute atomic E-state index is 11.4. The van der Waals surface area contributed by atoms with Crippen molar-refractivity contribution in [3.63, 3.8) is 0 Å². The smallest absolute Gasteiger partial charge is 0.159 e. The van der Waals surface area contributed by atoms with Gasteiger partial charge in [0.1, 0.15) is 5.75 Å². The molecule has 0 atom stereocenters. The maximum atomic E-state index is 11.4. The Kier molecular flexibility index (Phi) is 4.07. The number of halogens is 1. The van der Waals surface area contributed by atoms with Crippen LogP contribution in [-0.4, -0.2) is 12.9 Å². The summed E-state index contributed by atoms with van der Waals surface area (Å²) < 4.78 is 5.10. The zero-order valence-corrected chi connectivity index (χ0v) is 11.5. The molecule has 4 heteroatoms. The van der Waals surface area contributed by atoms with Crippen LogP contribution in [0.25, 0.3) is 0 Å². The van der Waals surface area contributed by atoms with E-state index >= 15 is 0 Å². The van der Waals surface area contributed by atoms with Crippen molar-refractivity contribution in [1.82, 2.24) is 0 Å². The molecule has 0 aliphatic rings. The summed E-state index contributed by atoms with van der Waals surface area (Å²) in [5.41, 5.74) is 2.21. The normalized spacial score (nSPS) is 10.1. The summed E-state index contributed by atoms with van der Waals surface area (Å²) in [6.07, 6.45) is 0. The number of carbonyl (C=O) groups is 1. The van der Waals surface area contributed by atoms with E-state index in [0.717, 1.165) is 11.4 Å². The van der Waals surface area contributed by atoms with E-state index in [1.807, 2.05) is 24.3 Å². The minimum absolute atomic E-state index is 0.00875. The summed E-state index contributed by atoms with van der Waals surface area (Å²) in [6, 6.07) is 12.6. The van der Waals surface area contributed by atoms with Crippen LogP contribution in [0, 0.1) is 0 Å². The van der Waals surface area contributed by atoms with Crippen molar-refractivity contribution < 1.29 is 9.53 Å². The lowest BCUT2D eigenvalue weighted by Crippen LogP contribution is -1.96. The van der Waals surface area contributed by atoms with Crippen molar-refractivity contribution in [3.8, 4) is 5.75 Å². The number of methoxy groups -OCH3 is 1. The fourth-order valence-corrected chi connectivity index (χ4v) is 1.83. The number of anilines is 2. The average Bonchev–Trinajstić information content (AvgIpc) is 2.42. The molecule has 0 aliphatic heterocycles. The van der Waals surface area contributed by atoms with Crippen molar-refractivity contribution in [2.75, 3.05) is 12.4 Å². The zero-order valence-electron chi connectivity index (χ0n) is 10.7. The van der Waals surface area contributed by atoms with Crippen LogP contribution in [0.5, 0.6) is 5.75 Å². The Morgan fingerprint density at radius 3 is 2.42 bits per heavy atom. The molecule has 0 radical (unpaired) electrons. The van der Waals surface area contributed by atoms with E-state index < -0.39 is 0 Å². The number of nitrogens with one attached hydrogen (secondary N) is 1. The highest BCUT2D eigenvalue weighted by atomic mass is 35.5. The van der Waals surface area contributed by atoms with E-state index in [1.54, 1.807) is 25.3 Å². The third kappa shape index (κ3) is 3.26. The molecule has 2 aromatic rings. The van der Waals surface area contributed by atoms with Gasteiger partial charge in [-0.05, 0) is 49.4 Å². The Balaban J connectivity index is 2.26. The molecule has 0 bridgehead atoms. The van der Waals surface area contributed by atoms with Gasteiger partial charge in [-0.25, -0.2) is 0 Å². The summed E-state index contributed by atoms with van der Waals surface area (Å²) in [6.45, 7) is 1.53. The van der Waals surface area contributed by atoms with Crippen molar-refractivity contribution in [2.45, 2.75) is 6.92 Å². The Morgan fingerprint density at radius 1 is 1.16 bits per heavy atom. The molecule has 2 rings (SSSR count). The van der Waals surface area contributed by atoms with Crippen LogP contribution in [0.1, 0.15) is 17.3 Å². The highest BCUT2D eigenvalue weighted by molar-refractivity contribution is 6.33. The largest absolute Gasteiger partial charge is 0.497 e. The molecule has 98 valence electrons. The van der Waals surface area contributed by atoms with Crippen LogP contribution in [-0.2, 0) is 0 Å². The Hall–Kier alpha value is -2.00. The van der Waals surface area contributed by atoms with Gasteiger partial charge in [0, 0.05) is 11.3 Å². The van der Waals surface area contributed by atoms with Gasteiger partial charge in [0.05, 0.1) is 17.8 Å². The minimum Gasteiger partial charge on any atom is -0.497 e. The second-order valence-electron chi connectivity index (χ2n) is 4.10. The molecule has 0 aliphatic carbocycles. The number of ketones is 1. The van der Waals surface area contributed by atoms with Gasteiger partial charge in [-0.15, -0.1) is 0 Å². The second kappa shape index (κ2) is 5.76. The van der Waals surface area contributed by atoms with E-state index in [2.05, 4.69) is 5.32 Å². The molecule has 0 amide bonds. The molecule has 0 aromatic heterocycles. The van der Waals surface area contributed by atoms with Crippen LogP contribution in [0.2, 0.25) is 5.02 Å². The van der Waals surface area contributed by atoms with E-state index in [0.29, 0.717) is 16.3 Å². The number of Topliss-reactive ketones (excluding diaryl/α,β-unsaturated/α-hetero) is 1. The lowest BCUT2D eigenvalue weighted by atomic mass is 10.1. The van der Waals surface area contributed by atoms with Crippen molar-refractivity contribution in [1.29, 1.82) is 0 Å². The van der Waals surface area contributed by atoms with Crippen LogP contribution in [0.3, 0.4) is 0 Å². The standard InChI is InChI=1S/C15H14ClNO2/c1-10(18)11-3-8-14(16)15(9-11)17-12-4-6-13(19-2)7-5-12/h3-9,17H,1-2H3. The predicted molar refractivity (Wildman–Crippen MR) is 77.7 cm³/mol. The SMILES string of the molecule is COc1ccc(Nc2cc(C(C)=O)ccc2Cl)cc1. The molecule has 0 fully saturated rings. The first kappa shape index (κ1) is 13.4. The minimum atomic E-state index is 0.00875. The summed E-state index contributed by atoms with van der Waals surface area (Å²) >= 11 is 6.11. The summed E-state index contributed by atoms with van der Waals surface area (Å²) in [4.78, 5) is 11.4. The summed E-state index contributed by atoms with van der Waals surface area (Å²) in [7, 11) is 1.62. The first-order chi connectivity index (χ1) is 9.10. The molecule has 1 N–H and O–H groups in total. The van der Waals surface area contributed by atoms with E-state index in [-0.39, 0.29) is 5.78 Å². The van der Waals surface area contributed by atoms with E-state index in [9.17, 15) is 4.79 Å². The van der Waals surface area contributed by atoms with Gasteiger partial charge in [-0.3, -0.25) is 4.79 Å². The van der Waals surface area contributed by atoms with Gasteiger partial charge in [-0.1, -0.05) is 11.6 Å². The lowest BCUT2D eigenvalue weighted by Gasteiger charge is -2.10. The Bertz CT molecular complexity index is 594. The van der Waals surface area contributed by atoms with Gasteiger partial charge in [0.15, 0.2) is 5.78 Å². The topological polar surface area (TPSA) is 38.3 Å². The monoisotopic (exact) mass is 275 g/mol. The fraction of sp³-hybridized carbons (Fsp3) is 0.133. The molecule has 3 nitrogen and oxygen atoms in total. The summed E-state index contributed by atoms with van der Waals surface area (Å²) in [5.74, 6) is 0.795. The fourth-order valence-electron chi connectivity index (χ4n) is 1.67. The van der Waals surface area contributed by atoms with Crippen LogP contribution in [0.15, 0.2) is 42.5 Å². The molecule has 19 heavy (non-hydrogen) atoms. The number of hydrogen-bond acceptors (Lipinski definition) is 3. The second-order valence-corrected chi connectivity index (χ2v) is 4.51. The van der Waals surface area contributed by atoms with Gasteiger partial charge < -0.3 is 10.1 Å². The third-order valence-electron chi connectivity index (χ3n) is 2.74. The molecular formula is C15H14ClNO2. The first-order valence-corrected chi connectivity index (χ1v) is 6.19.